The molecule has 30 valence electrons. The number of rotatable bonds is 0. The Hall–Kier alpha value is 0.639. The van der Waals surface area contributed by atoms with Gasteiger partial charge in [-0.05, 0) is 0 Å². The van der Waals surface area contributed by atoms with Crippen LogP contribution in [-0.2, 0) is 39.6 Å². The van der Waals surface area contributed by atoms with Gasteiger partial charge >= 0.3 is 39.6 Å². The van der Waals surface area contributed by atoms with Crippen LogP contribution in [-0.4, -0.2) is 0 Å². The van der Waals surface area contributed by atoms with E-state index in [2.05, 4.69) is 15.9 Å². The van der Waals surface area contributed by atoms with Gasteiger partial charge in [-0.1, -0.05) is 0 Å². The van der Waals surface area contributed by atoms with Crippen molar-refractivity contribution in [3.63, 3.8) is 0 Å². The number of hydrogen-bond acceptors (Lipinski definition) is 2. The van der Waals surface area contributed by atoms with Gasteiger partial charge in [-0.3, -0.25) is 0 Å². The molecule has 0 aromatic heterocycles. The summed E-state index contributed by atoms with van der Waals surface area (Å²) < 4.78 is 15.9. The molecule has 0 heterocycles. The van der Waals surface area contributed by atoms with Crippen LogP contribution in [0.1, 0.15) is 0 Å². The molecule has 0 aromatic rings. The van der Waals surface area contributed by atoms with Gasteiger partial charge in [0.25, 0.3) is 0 Å². The van der Waals surface area contributed by atoms with Crippen molar-refractivity contribution < 1.29 is 39.6 Å². The molecule has 0 aliphatic rings. The summed E-state index contributed by atoms with van der Waals surface area (Å²) in [6.07, 6.45) is 0. The van der Waals surface area contributed by atoms with E-state index in [1.54, 1.807) is 15.9 Å². The molecule has 0 unspecified atom stereocenters. The molecular formula is CuMnO2. The third-order valence-electron chi connectivity index (χ3n) is 0. The van der Waals surface area contributed by atoms with Gasteiger partial charge in [-0.25, -0.2) is 0 Å². The first-order valence-corrected chi connectivity index (χ1v) is 1.14. The third-order valence-corrected chi connectivity index (χ3v) is 0. The molecule has 0 aliphatic carbocycles. The van der Waals surface area contributed by atoms with Crippen LogP contribution in [0, 0.1) is 0 Å². The van der Waals surface area contributed by atoms with Crippen molar-refractivity contribution in [3.05, 3.63) is 0 Å². The summed E-state index contributed by atoms with van der Waals surface area (Å²) in [5, 5.41) is 0. The van der Waals surface area contributed by atoms with Crippen LogP contribution in [0.4, 0.5) is 0 Å². The molecule has 0 N–H and O–H groups in total. The van der Waals surface area contributed by atoms with Crippen LogP contribution in [0.25, 0.3) is 0 Å². The zero-order valence-corrected chi connectivity index (χ0v) is 3.62. The Labute approximate surface area is 40.0 Å². The fraction of sp³-hybridized carbons (Fsp3) is 0. The van der Waals surface area contributed by atoms with Gasteiger partial charge in [0.15, 0.2) is 0 Å². The van der Waals surface area contributed by atoms with E-state index in [4.69, 9.17) is 7.67 Å². The first-order chi connectivity index (χ1) is 2.00. The molecule has 4 heavy (non-hydrogen) atoms. The van der Waals surface area contributed by atoms with Gasteiger partial charge in [0, 0.05) is 0 Å². The monoisotopic (exact) mass is 150 g/mol. The molecule has 0 spiro atoms. The minimum absolute atomic E-state index is 1.69. The van der Waals surface area contributed by atoms with Crippen molar-refractivity contribution in [3.8, 4) is 0 Å². The Morgan fingerprint density at radius 3 is 1.25 bits per heavy atom. The van der Waals surface area contributed by atoms with Crippen LogP contribution in [0.3, 0.4) is 0 Å². The fourth-order valence-corrected chi connectivity index (χ4v) is 0. The minimum atomic E-state index is 1.69. The number of hydrogen-bond donors (Lipinski definition) is 0. The summed E-state index contributed by atoms with van der Waals surface area (Å²) in [5.41, 5.74) is 0. The van der Waals surface area contributed by atoms with E-state index in [1.165, 1.54) is 0 Å². The van der Waals surface area contributed by atoms with E-state index in [1.807, 2.05) is 0 Å². The second-order valence-corrected chi connectivity index (χ2v) is 0. The summed E-state index contributed by atoms with van der Waals surface area (Å²) in [4.78, 5) is 0. The molecule has 0 aromatic carbocycles. The van der Waals surface area contributed by atoms with Gasteiger partial charge in [0.05, 0.1) is 0 Å². The average molecular weight is 150 g/mol. The van der Waals surface area contributed by atoms with Crippen molar-refractivity contribution >= 4 is 0 Å². The van der Waals surface area contributed by atoms with Gasteiger partial charge in [-0.15, -0.1) is 0 Å². The van der Waals surface area contributed by atoms with Crippen LogP contribution in [0.15, 0.2) is 0 Å². The van der Waals surface area contributed by atoms with Crippen LogP contribution in [0.5, 0.6) is 0 Å². The quantitative estimate of drug-likeness (QED) is 0.447. The van der Waals surface area contributed by atoms with E-state index < -0.39 is 0 Å². The molecule has 0 amide bonds. The Morgan fingerprint density at radius 1 is 1.25 bits per heavy atom. The van der Waals surface area contributed by atoms with E-state index in [-0.39, 0.29) is 0 Å². The molecule has 4 heteroatoms. The Bertz CT molecular complexity index is 8.00. The second-order valence-electron chi connectivity index (χ2n) is 0. The predicted octanol–water partition coefficient (Wildman–Crippen LogP) is -0.243. The molecule has 0 atom stereocenters. The summed E-state index contributed by atoms with van der Waals surface area (Å²) in [7, 11) is 0. The summed E-state index contributed by atoms with van der Waals surface area (Å²) in [6.45, 7) is 0. The first kappa shape index (κ1) is 8.82. The van der Waals surface area contributed by atoms with Gasteiger partial charge in [0.1, 0.15) is 0 Å². The molecule has 0 fully saturated rings. The third kappa shape index (κ3) is 17.4. The Balaban J connectivity index is 0. The molecule has 0 aliphatic heterocycles. The van der Waals surface area contributed by atoms with Gasteiger partial charge < -0.3 is 0 Å². The zero-order chi connectivity index (χ0) is 4.00. The zero-order valence-electron chi connectivity index (χ0n) is 1.50. The van der Waals surface area contributed by atoms with Crippen molar-refractivity contribution in [2.24, 2.45) is 0 Å². The normalized spacial score (nSPS) is 2.50. The fourth-order valence-electron chi connectivity index (χ4n) is 0. The van der Waals surface area contributed by atoms with E-state index in [9.17, 15) is 0 Å². The Kier molecular flexibility index (Phi) is 137. The molecule has 0 saturated heterocycles. The van der Waals surface area contributed by atoms with Crippen LogP contribution in [0.2, 0.25) is 0 Å². The molecule has 0 rings (SSSR count). The SMILES string of the molecule is [O]=[Cu].[O]=[Mn]. The maximum atomic E-state index is 8.06. The second kappa shape index (κ2) is 62.1. The van der Waals surface area contributed by atoms with Crippen molar-refractivity contribution in [1.29, 1.82) is 0 Å². The molecule has 0 radical (unpaired) electrons. The standard InChI is InChI=1S/Cu.Mn.2O. The van der Waals surface area contributed by atoms with Crippen LogP contribution >= 0.6 is 0 Å². The summed E-state index contributed by atoms with van der Waals surface area (Å²) >= 11 is 4.62. The van der Waals surface area contributed by atoms with Gasteiger partial charge in [0.2, 0.25) is 0 Å². The first-order valence-electron chi connectivity index (χ1n) is 0.277. The van der Waals surface area contributed by atoms with Crippen molar-refractivity contribution in [2.75, 3.05) is 0 Å². The summed E-state index contributed by atoms with van der Waals surface area (Å²) in [5.74, 6) is 0. The molecule has 0 saturated carbocycles. The maximum absolute atomic E-state index is 8.06. The molecule has 2 nitrogen and oxygen atoms in total. The molecule has 0 bridgehead atoms. The van der Waals surface area contributed by atoms with Crippen molar-refractivity contribution in [2.45, 2.75) is 0 Å². The van der Waals surface area contributed by atoms with Gasteiger partial charge in [-0.2, -0.15) is 0 Å². The van der Waals surface area contributed by atoms with E-state index in [0.29, 0.717) is 0 Å². The summed E-state index contributed by atoms with van der Waals surface area (Å²) in [6, 6.07) is 0. The van der Waals surface area contributed by atoms with E-state index in [0.717, 1.165) is 0 Å². The van der Waals surface area contributed by atoms with Crippen LogP contribution < -0.4 is 0 Å². The predicted molar refractivity (Wildman–Crippen MR) is 1.37 cm³/mol. The topological polar surface area (TPSA) is 34.1 Å². The van der Waals surface area contributed by atoms with Crippen molar-refractivity contribution in [1.82, 2.24) is 0 Å². The van der Waals surface area contributed by atoms with E-state index >= 15 is 0 Å². The Morgan fingerprint density at radius 2 is 1.25 bits per heavy atom. The molecular weight excluding hydrogens is 150 g/mol. The average Bonchev–Trinajstić information content (AvgIpc) is 1.50.